The Morgan fingerprint density at radius 1 is 1.04 bits per heavy atom. The molecular formula is C19H19N3O3S. The zero-order chi connectivity index (χ0) is 18.2. The Balaban J connectivity index is 1.33. The van der Waals surface area contributed by atoms with E-state index in [-0.39, 0.29) is 17.6 Å². The number of benzene rings is 2. The number of hydrazine groups is 1. The number of carbonyl (C=O) groups is 2. The molecule has 1 aromatic heterocycles. The van der Waals surface area contributed by atoms with Crippen LogP contribution in [-0.2, 0) is 4.79 Å². The van der Waals surface area contributed by atoms with Crippen molar-refractivity contribution in [1.29, 1.82) is 0 Å². The minimum absolute atomic E-state index is 0.244. The van der Waals surface area contributed by atoms with Crippen LogP contribution in [-0.4, -0.2) is 34.9 Å². The maximum atomic E-state index is 12.1. The van der Waals surface area contributed by atoms with E-state index in [9.17, 15) is 9.59 Å². The molecule has 3 aromatic rings. The van der Waals surface area contributed by atoms with Crippen LogP contribution in [0.5, 0.6) is 5.75 Å². The monoisotopic (exact) mass is 369 g/mol. The predicted molar refractivity (Wildman–Crippen MR) is 103 cm³/mol. The molecule has 7 heteroatoms. The SMILES string of the molecule is O=C(CSCCOc1ccccc1)NNC(=O)c1ccc2cc[nH]c2c1. The Morgan fingerprint density at radius 3 is 2.73 bits per heavy atom. The van der Waals surface area contributed by atoms with E-state index in [4.69, 9.17) is 4.74 Å². The first-order valence-corrected chi connectivity index (χ1v) is 9.30. The van der Waals surface area contributed by atoms with Crippen LogP contribution >= 0.6 is 11.8 Å². The number of thioether (sulfide) groups is 1. The van der Waals surface area contributed by atoms with Gasteiger partial charge in [-0.3, -0.25) is 20.4 Å². The summed E-state index contributed by atoms with van der Waals surface area (Å²) in [4.78, 5) is 26.9. The Labute approximate surface area is 155 Å². The number of aromatic amines is 1. The van der Waals surface area contributed by atoms with E-state index < -0.39 is 0 Å². The van der Waals surface area contributed by atoms with Crippen LogP contribution in [0.25, 0.3) is 10.9 Å². The molecule has 2 aromatic carbocycles. The number of hydrogen-bond acceptors (Lipinski definition) is 4. The summed E-state index contributed by atoms with van der Waals surface area (Å²) >= 11 is 1.44. The second-order valence-corrected chi connectivity index (χ2v) is 6.60. The van der Waals surface area contributed by atoms with Gasteiger partial charge in [0.15, 0.2) is 0 Å². The Hall–Kier alpha value is -2.93. The van der Waals surface area contributed by atoms with E-state index in [1.807, 2.05) is 48.7 Å². The van der Waals surface area contributed by atoms with Crippen LogP contribution in [0.3, 0.4) is 0 Å². The minimum atomic E-state index is -0.354. The van der Waals surface area contributed by atoms with Crippen molar-refractivity contribution in [1.82, 2.24) is 15.8 Å². The summed E-state index contributed by atoms with van der Waals surface area (Å²) in [6.07, 6.45) is 1.81. The highest BCUT2D eigenvalue weighted by Crippen LogP contribution is 2.14. The van der Waals surface area contributed by atoms with Gasteiger partial charge in [0.2, 0.25) is 5.91 Å². The molecule has 0 aliphatic rings. The first-order valence-electron chi connectivity index (χ1n) is 8.14. The van der Waals surface area contributed by atoms with E-state index in [0.717, 1.165) is 16.7 Å². The Morgan fingerprint density at radius 2 is 1.88 bits per heavy atom. The van der Waals surface area contributed by atoms with Crippen molar-refractivity contribution in [2.75, 3.05) is 18.1 Å². The van der Waals surface area contributed by atoms with Crippen LogP contribution in [0.15, 0.2) is 60.8 Å². The fraction of sp³-hybridized carbons (Fsp3) is 0.158. The highest BCUT2D eigenvalue weighted by atomic mass is 32.2. The Kier molecular flexibility index (Phi) is 6.16. The largest absolute Gasteiger partial charge is 0.493 e. The molecule has 0 spiro atoms. The molecule has 0 saturated heterocycles. The van der Waals surface area contributed by atoms with E-state index >= 15 is 0 Å². The number of ether oxygens (including phenoxy) is 1. The summed E-state index contributed by atoms with van der Waals surface area (Å²) in [7, 11) is 0. The molecule has 0 bridgehead atoms. The van der Waals surface area contributed by atoms with Crippen molar-refractivity contribution < 1.29 is 14.3 Å². The van der Waals surface area contributed by atoms with Gasteiger partial charge in [-0.2, -0.15) is 0 Å². The number of H-pyrrole nitrogens is 1. The molecule has 0 atom stereocenters. The molecule has 134 valence electrons. The fourth-order valence-corrected chi connectivity index (χ4v) is 2.93. The summed E-state index contributed by atoms with van der Waals surface area (Å²) in [5.41, 5.74) is 6.20. The molecule has 0 fully saturated rings. The molecule has 3 rings (SSSR count). The summed E-state index contributed by atoms with van der Waals surface area (Å²) in [5.74, 6) is 1.12. The molecule has 0 radical (unpaired) electrons. The average Bonchev–Trinajstić information content (AvgIpc) is 3.14. The van der Waals surface area contributed by atoms with Crippen molar-refractivity contribution >= 4 is 34.5 Å². The number of nitrogens with one attached hydrogen (secondary N) is 3. The maximum Gasteiger partial charge on any atom is 0.269 e. The molecule has 3 N–H and O–H groups in total. The third-order valence-corrected chi connectivity index (χ3v) is 4.53. The van der Waals surface area contributed by atoms with Crippen molar-refractivity contribution in [3.63, 3.8) is 0 Å². The van der Waals surface area contributed by atoms with Crippen LogP contribution in [0, 0.1) is 0 Å². The molecule has 2 amide bonds. The third-order valence-electron chi connectivity index (χ3n) is 3.61. The van der Waals surface area contributed by atoms with E-state index in [2.05, 4.69) is 15.8 Å². The van der Waals surface area contributed by atoms with Crippen molar-refractivity contribution in [2.45, 2.75) is 0 Å². The number of aromatic nitrogens is 1. The van der Waals surface area contributed by atoms with Crippen molar-refractivity contribution in [2.24, 2.45) is 0 Å². The molecule has 0 aliphatic heterocycles. The fourth-order valence-electron chi connectivity index (χ4n) is 2.32. The molecular weight excluding hydrogens is 350 g/mol. The summed E-state index contributed by atoms with van der Waals surface area (Å²) in [6.45, 7) is 0.518. The molecule has 0 aliphatic carbocycles. The van der Waals surface area contributed by atoms with Gasteiger partial charge < -0.3 is 9.72 Å². The van der Waals surface area contributed by atoms with Gasteiger partial charge in [-0.05, 0) is 35.7 Å². The smallest absolute Gasteiger partial charge is 0.269 e. The molecule has 0 unspecified atom stereocenters. The van der Waals surface area contributed by atoms with E-state index in [1.54, 1.807) is 12.1 Å². The zero-order valence-corrected chi connectivity index (χ0v) is 14.8. The molecule has 26 heavy (non-hydrogen) atoms. The van der Waals surface area contributed by atoms with Gasteiger partial charge in [0, 0.05) is 23.0 Å². The van der Waals surface area contributed by atoms with Crippen molar-refractivity contribution in [3.8, 4) is 5.75 Å². The lowest BCUT2D eigenvalue weighted by Gasteiger charge is -2.08. The highest BCUT2D eigenvalue weighted by molar-refractivity contribution is 7.99. The second-order valence-electron chi connectivity index (χ2n) is 5.50. The van der Waals surface area contributed by atoms with Crippen LogP contribution < -0.4 is 15.6 Å². The molecule has 6 nitrogen and oxygen atoms in total. The number of amides is 2. The number of hydrogen-bond donors (Lipinski definition) is 3. The topological polar surface area (TPSA) is 83.2 Å². The number of fused-ring (bicyclic) bond motifs is 1. The summed E-state index contributed by atoms with van der Waals surface area (Å²) in [6, 6.07) is 16.8. The predicted octanol–water partition coefficient (Wildman–Crippen LogP) is 2.74. The van der Waals surface area contributed by atoms with Gasteiger partial charge in [0.25, 0.3) is 5.91 Å². The average molecular weight is 369 g/mol. The quantitative estimate of drug-likeness (QED) is 0.442. The highest BCUT2D eigenvalue weighted by Gasteiger charge is 2.08. The number of carbonyl (C=O) groups excluding carboxylic acids is 2. The van der Waals surface area contributed by atoms with Crippen LogP contribution in [0.1, 0.15) is 10.4 Å². The van der Waals surface area contributed by atoms with Crippen LogP contribution in [0.4, 0.5) is 0 Å². The standard InChI is InChI=1S/C19H19N3O3S/c23-18(13-26-11-10-25-16-4-2-1-3-5-16)21-22-19(24)15-7-6-14-8-9-20-17(14)12-15/h1-9,12,20H,10-11,13H2,(H,21,23)(H,22,24). The lowest BCUT2D eigenvalue weighted by molar-refractivity contribution is -0.119. The zero-order valence-electron chi connectivity index (χ0n) is 14.0. The van der Waals surface area contributed by atoms with Crippen LogP contribution in [0.2, 0.25) is 0 Å². The number of rotatable bonds is 7. The first kappa shape index (κ1) is 17.9. The van der Waals surface area contributed by atoms with Gasteiger partial charge >= 0.3 is 0 Å². The summed E-state index contributed by atoms with van der Waals surface area (Å²) < 4.78 is 5.55. The van der Waals surface area contributed by atoms with E-state index in [0.29, 0.717) is 17.9 Å². The first-order chi connectivity index (χ1) is 12.7. The summed E-state index contributed by atoms with van der Waals surface area (Å²) in [5, 5.41) is 1.03. The molecule has 0 saturated carbocycles. The third kappa shape index (κ3) is 5.03. The lowest BCUT2D eigenvalue weighted by Crippen LogP contribution is -2.42. The molecule has 1 heterocycles. The van der Waals surface area contributed by atoms with Gasteiger partial charge in [-0.25, -0.2) is 0 Å². The van der Waals surface area contributed by atoms with Gasteiger partial charge in [0.05, 0.1) is 12.4 Å². The Bertz CT molecular complexity index is 880. The number of para-hydroxylation sites is 1. The van der Waals surface area contributed by atoms with Gasteiger partial charge in [0.1, 0.15) is 5.75 Å². The van der Waals surface area contributed by atoms with Gasteiger partial charge in [-0.1, -0.05) is 24.3 Å². The maximum absolute atomic E-state index is 12.1. The lowest BCUT2D eigenvalue weighted by atomic mass is 10.1. The second kappa shape index (κ2) is 8.96. The van der Waals surface area contributed by atoms with Gasteiger partial charge in [-0.15, -0.1) is 11.8 Å². The van der Waals surface area contributed by atoms with Crippen molar-refractivity contribution in [3.05, 3.63) is 66.4 Å². The van der Waals surface area contributed by atoms with E-state index in [1.165, 1.54) is 11.8 Å². The normalized spacial score (nSPS) is 10.5. The minimum Gasteiger partial charge on any atom is -0.493 e.